The second kappa shape index (κ2) is 3.96. The van der Waals surface area contributed by atoms with Gasteiger partial charge in [0.25, 0.3) is 0 Å². The van der Waals surface area contributed by atoms with Gasteiger partial charge >= 0.3 is 0 Å². The third-order valence-corrected chi connectivity index (χ3v) is 3.82. The highest BCUT2D eigenvalue weighted by Gasteiger charge is 2.49. The van der Waals surface area contributed by atoms with Crippen LogP contribution in [0.3, 0.4) is 0 Å². The largest absolute Gasteiger partial charge is 0.372 e. The highest BCUT2D eigenvalue weighted by atomic mass is 79.9. The molecule has 0 N–H and O–H groups in total. The third kappa shape index (κ3) is 1.72. The highest BCUT2D eigenvalue weighted by Crippen LogP contribution is 2.48. The lowest BCUT2D eigenvalue weighted by molar-refractivity contribution is -0.147. The van der Waals surface area contributed by atoms with E-state index in [1.165, 1.54) is 0 Å². The summed E-state index contributed by atoms with van der Waals surface area (Å²) in [7, 11) is 3.58. The fourth-order valence-corrected chi connectivity index (χ4v) is 2.82. The predicted octanol–water partition coefficient (Wildman–Crippen LogP) is 2.02. The zero-order valence-electron chi connectivity index (χ0n) is 9.66. The lowest BCUT2D eigenvalue weighted by Gasteiger charge is -2.45. The molecule has 1 aliphatic carbocycles. The monoisotopic (exact) mass is 286 g/mol. The minimum absolute atomic E-state index is 0.133. The summed E-state index contributed by atoms with van der Waals surface area (Å²) in [6.45, 7) is 1.64. The van der Waals surface area contributed by atoms with Crippen LogP contribution >= 0.6 is 15.9 Å². The number of nitrogens with zero attached hydrogens (tertiary/aromatic N) is 2. The molecule has 0 bridgehead atoms. The molecule has 0 radical (unpaired) electrons. The summed E-state index contributed by atoms with van der Waals surface area (Å²) < 4.78 is 8.21. The summed E-state index contributed by atoms with van der Waals surface area (Å²) in [5.41, 5.74) is 0.698. The Hall–Kier alpha value is -0.680. The molecule has 16 heavy (non-hydrogen) atoms. The zero-order chi connectivity index (χ0) is 11.9. The normalized spacial score (nSPS) is 28.9. The molecule has 5 heteroatoms. The van der Waals surface area contributed by atoms with Crippen LogP contribution in [0, 0.1) is 5.92 Å². The number of carbonyl (C=O) groups excluding carboxylic acids is 1. The number of hydrogen-bond acceptors (Lipinski definition) is 3. The summed E-state index contributed by atoms with van der Waals surface area (Å²) in [5, 5.41) is 4.25. The zero-order valence-corrected chi connectivity index (χ0v) is 11.2. The van der Waals surface area contributed by atoms with Gasteiger partial charge in [-0.3, -0.25) is 9.48 Å². The second-order valence-electron chi connectivity index (χ2n) is 4.39. The number of ether oxygens (including phenoxy) is 1. The second-order valence-corrected chi connectivity index (χ2v) is 5.20. The molecule has 88 valence electrons. The Bertz CT molecular complexity index is 422. The maximum absolute atomic E-state index is 11.3. The minimum atomic E-state index is -0.329. The van der Waals surface area contributed by atoms with Gasteiger partial charge in [-0.2, -0.15) is 5.10 Å². The number of Topliss-reactive ketones (excluding diaryl/α,β-unsaturated/α-hetero) is 1. The molecule has 1 aromatic heterocycles. The van der Waals surface area contributed by atoms with Crippen LogP contribution < -0.4 is 0 Å². The Balaban J connectivity index is 2.25. The van der Waals surface area contributed by atoms with E-state index in [1.54, 1.807) is 14.0 Å². The average molecular weight is 287 g/mol. The number of aryl methyl sites for hydroxylation is 1. The number of hydrogen-bond donors (Lipinski definition) is 0. The Labute approximate surface area is 103 Å². The Morgan fingerprint density at radius 2 is 2.31 bits per heavy atom. The maximum Gasteiger partial charge on any atom is 0.133 e. The topological polar surface area (TPSA) is 44.1 Å². The van der Waals surface area contributed by atoms with Crippen LogP contribution in [0.25, 0.3) is 0 Å². The van der Waals surface area contributed by atoms with E-state index in [4.69, 9.17) is 4.74 Å². The molecular weight excluding hydrogens is 272 g/mol. The lowest BCUT2D eigenvalue weighted by atomic mass is 9.67. The van der Waals surface area contributed by atoms with E-state index in [9.17, 15) is 4.79 Å². The van der Waals surface area contributed by atoms with Crippen LogP contribution in [0.15, 0.2) is 10.7 Å². The van der Waals surface area contributed by atoms with Gasteiger partial charge in [-0.15, -0.1) is 0 Å². The first-order valence-corrected chi connectivity index (χ1v) is 6.03. The van der Waals surface area contributed by atoms with Gasteiger partial charge in [0.15, 0.2) is 0 Å². The van der Waals surface area contributed by atoms with E-state index < -0.39 is 0 Å². The molecule has 0 aromatic carbocycles. The first-order chi connectivity index (χ1) is 7.48. The van der Waals surface area contributed by atoms with Crippen LogP contribution in [-0.4, -0.2) is 22.7 Å². The van der Waals surface area contributed by atoms with Crippen molar-refractivity contribution in [3.63, 3.8) is 0 Å². The van der Waals surface area contributed by atoms with E-state index in [0.29, 0.717) is 0 Å². The van der Waals surface area contributed by atoms with Gasteiger partial charge in [0.1, 0.15) is 16.0 Å². The SMILES string of the molecule is COC1(c2cc(Br)nn2C)CC(C(C)=O)C1. The van der Waals surface area contributed by atoms with Crippen molar-refractivity contribution in [2.75, 3.05) is 7.11 Å². The molecule has 1 aromatic rings. The van der Waals surface area contributed by atoms with Gasteiger partial charge in [-0.25, -0.2) is 0 Å². The van der Waals surface area contributed by atoms with Crippen molar-refractivity contribution in [1.29, 1.82) is 0 Å². The molecule has 0 aliphatic heterocycles. The van der Waals surface area contributed by atoms with Gasteiger partial charge in [0, 0.05) is 20.1 Å². The number of methoxy groups -OCH3 is 1. The van der Waals surface area contributed by atoms with Gasteiger partial charge in [0.05, 0.1) is 5.69 Å². The molecule has 0 atom stereocenters. The van der Waals surface area contributed by atoms with Crippen molar-refractivity contribution < 1.29 is 9.53 Å². The van der Waals surface area contributed by atoms with Gasteiger partial charge in [0.2, 0.25) is 0 Å². The standard InChI is InChI=1S/C11H15BrN2O2/c1-7(15)8-5-11(6-8,16-3)9-4-10(12)13-14(9)2/h4,8H,5-6H2,1-3H3. The number of halogens is 1. The molecule has 1 heterocycles. The fraction of sp³-hybridized carbons (Fsp3) is 0.636. The van der Waals surface area contributed by atoms with Gasteiger partial charge in [-0.1, -0.05) is 0 Å². The molecule has 1 saturated carbocycles. The first kappa shape index (κ1) is 11.8. The molecule has 2 rings (SSSR count). The van der Waals surface area contributed by atoms with Crippen molar-refractivity contribution >= 4 is 21.7 Å². The summed E-state index contributed by atoms with van der Waals surface area (Å²) >= 11 is 3.35. The molecule has 0 unspecified atom stereocenters. The molecule has 0 amide bonds. The smallest absolute Gasteiger partial charge is 0.133 e. The summed E-state index contributed by atoms with van der Waals surface area (Å²) in [5.74, 6) is 0.377. The fourth-order valence-electron chi connectivity index (χ4n) is 2.36. The molecule has 0 saturated heterocycles. The molecular formula is C11H15BrN2O2. The number of rotatable bonds is 3. The first-order valence-electron chi connectivity index (χ1n) is 5.24. The number of ketones is 1. The van der Waals surface area contributed by atoms with Crippen molar-refractivity contribution in [2.45, 2.75) is 25.4 Å². The Morgan fingerprint density at radius 1 is 1.69 bits per heavy atom. The van der Waals surface area contributed by atoms with Crippen LogP contribution in [0.1, 0.15) is 25.5 Å². The molecule has 4 nitrogen and oxygen atoms in total. The van der Waals surface area contributed by atoms with Crippen LogP contribution in [-0.2, 0) is 22.2 Å². The average Bonchev–Trinajstić information content (AvgIpc) is 2.45. The van der Waals surface area contributed by atoms with Gasteiger partial charge in [-0.05, 0) is 41.8 Å². The van der Waals surface area contributed by atoms with E-state index in [-0.39, 0.29) is 17.3 Å². The minimum Gasteiger partial charge on any atom is -0.372 e. The van der Waals surface area contributed by atoms with Crippen molar-refractivity contribution in [3.05, 3.63) is 16.4 Å². The van der Waals surface area contributed by atoms with Crippen molar-refractivity contribution in [2.24, 2.45) is 13.0 Å². The van der Waals surface area contributed by atoms with Crippen molar-refractivity contribution in [1.82, 2.24) is 9.78 Å². The van der Waals surface area contributed by atoms with E-state index in [0.717, 1.165) is 23.1 Å². The summed E-state index contributed by atoms with van der Waals surface area (Å²) in [4.78, 5) is 11.3. The highest BCUT2D eigenvalue weighted by molar-refractivity contribution is 9.10. The van der Waals surface area contributed by atoms with Crippen LogP contribution in [0.4, 0.5) is 0 Å². The summed E-state index contributed by atoms with van der Waals surface area (Å²) in [6.07, 6.45) is 1.51. The number of aromatic nitrogens is 2. The van der Waals surface area contributed by atoms with Crippen LogP contribution in [0.5, 0.6) is 0 Å². The lowest BCUT2D eigenvalue weighted by Crippen LogP contribution is -2.46. The van der Waals surface area contributed by atoms with Gasteiger partial charge < -0.3 is 4.74 Å². The van der Waals surface area contributed by atoms with Crippen molar-refractivity contribution in [3.8, 4) is 0 Å². The molecule has 1 fully saturated rings. The van der Waals surface area contributed by atoms with E-state index in [1.807, 2.05) is 17.8 Å². The predicted molar refractivity (Wildman–Crippen MR) is 63.0 cm³/mol. The maximum atomic E-state index is 11.3. The summed E-state index contributed by atoms with van der Waals surface area (Å²) in [6, 6.07) is 1.96. The Morgan fingerprint density at radius 3 is 2.69 bits per heavy atom. The van der Waals surface area contributed by atoms with E-state index in [2.05, 4.69) is 21.0 Å². The molecule has 0 spiro atoms. The Kier molecular flexibility index (Phi) is 2.92. The third-order valence-electron chi connectivity index (χ3n) is 3.43. The molecule has 1 aliphatic rings. The number of carbonyl (C=O) groups is 1. The van der Waals surface area contributed by atoms with Crippen LogP contribution in [0.2, 0.25) is 0 Å². The quantitative estimate of drug-likeness (QED) is 0.854. The van der Waals surface area contributed by atoms with E-state index >= 15 is 0 Å².